The lowest BCUT2D eigenvalue weighted by Crippen LogP contribution is -2.03. The molecule has 0 bridgehead atoms. The highest BCUT2D eigenvalue weighted by atomic mass is 16.5. The molecule has 0 saturated carbocycles. The summed E-state index contributed by atoms with van der Waals surface area (Å²) in [5.74, 6) is 0.713. The summed E-state index contributed by atoms with van der Waals surface area (Å²) in [6.45, 7) is 0.930. The molecule has 0 aliphatic rings. The number of hydrogen-bond acceptors (Lipinski definition) is 5. The molecule has 3 aromatic carbocycles. The number of carbonyl (C=O) groups excluding carboxylic acids is 2. The molecule has 0 aliphatic heterocycles. The summed E-state index contributed by atoms with van der Waals surface area (Å²) < 4.78 is 11.0. The predicted octanol–water partition coefficient (Wildman–Crippen LogP) is 6.25. The number of aliphatic hydroxyl groups excluding tert-OH is 1. The molecule has 0 atom stereocenters. The summed E-state index contributed by atoms with van der Waals surface area (Å²) in [4.78, 5) is 24.7. The Hall–Kier alpha value is -3.70. The van der Waals surface area contributed by atoms with Crippen LogP contribution >= 0.6 is 0 Å². The monoisotopic (exact) mass is 472 g/mol. The molecule has 1 N–H and O–H groups in total. The Balaban J connectivity index is 1.44. The molecule has 0 amide bonds. The highest BCUT2D eigenvalue weighted by molar-refractivity contribution is 6.09. The Kier molecular flexibility index (Phi) is 10.8. The van der Waals surface area contributed by atoms with Gasteiger partial charge in [-0.05, 0) is 60.9 Å². The summed E-state index contributed by atoms with van der Waals surface area (Å²) in [7, 11) is 0. The van der Waals surface area contributed by atoms with E-state index in [2.05, 4.69) is 0 Å². The molecule has 0 aromatic heterocycles. The number of rotatable bonds is 14. The molecule has 0 saturated heterocycles. The van der Waals surface area contributed by atoms with Crippen LogP contribution in [0.1, 0.15) is 60.0 Å². The quantitative estimate of drug-likeness (QED) is 0.0987. The topological polar surface area (TPSA) is 72.8 Å². The van der Waals surface area contributed by atoms with Crippen molar-refractivity contribution in [1.29, 1.82) is 0 Å². The molecule has 3 aromatic rings. The normalized spacial score (nSPS) is 10.9. The molecule has 0 radical (unpaired) electrons. The number of ketones is 1. The average molecular weight is 473 g/mol. The maximum atomic E-state index is 12.8. The van der Waals surface area contributed by atoms with E-state index >= 15 is 0 Å². The second kappa shape index (κ2) is 14.5. The Morgan fingerprint density at radius 3 is 1.94 bits per heavy atom. The zero-order valence-electron chi connectivity index (χ0n) is 19.9. The molecule has 5 heteroatoms. The summed E-state index contributed by atoms with van der Waals surface area (Å²) in [6.07, 6.45) is 9.38. The van der Waals surface area contributed by atoms with Gasteiger partial charge in [0.25, 0.3) is 0 Å². The molecule has 0 fully saturated rings. The summed E-state index contributed by atoms with van der Waals surface area (Å²) in [5, 5.41) is 8.78. The number of carbonyl (C=O) groups is 2. The predicted molar refractivity (Wildman–Crippen MR) is 138 cm³/mol. The van der Waals surface area contributed by atoms with Gasteiger partial charge in [0.15, 0.2) is 5.78 Å². The first-order valence-electron chi connectivity index (χ1n) is 12.1. The van der Waals surface area contributed by atoms with Gasteiger partial charge < -0.3 is 14.6 Å². The third kappa shape index (κ3) is 9.22. The first kappa shape index (κ1) is 25.9. The molecular weight excluding hydrogens is 440 g/mol. The second-order valence-electron chi connectivity index (χ2n) is 8.24. The van der Waals surface area contributed by atoms with Crippen LogP contribution in [0.4, 0.5) is 0 Å². The minimum absolute atomic E-state index is 0.0709. The molecular formula is C30H32O5. The Bertz CT molecular complexity index is 1070. The lowest BCUT2D eigenvalue weighted by Gasteiger charge is -2.07. The van der Waals surface area contributed by atoms with Crippen LogP contribution in [0.25, 0.3) is 6.08 Å². The average Bonchev–Trinajstić information content (AvgIpc) is 2.90. The van der Waals surface area contributed by atoms with E-state index in [1.807, 2.05) is 18.2 Å². The van der Waals surface area contributed by atoms with E-state index in [9.17, 15) is 9.59 Å². The fourth-order valence-electron chi connectivity index (χ4n) is 3.53. The fraction of sp³-hybridized carbons (Fsp3) is 0.267. The van der Waals surface area contributed by atoms with E-state index < -0.39 is 5.97 Å². The number of esters is 1. The van der Waals surface area contributed by atoms with Gasteiger partial charge in [0.1, 0.15) is 11.5 Å². The van der Waals surface area contributed by atoms with Crippen molar-refractivity contribution in [3.05, 3.63) is 102 Å². The van der Waals surface area contributed by atoms with Gasteiger partial charge in [0.2, 0.25) is 0 Å². The Labute approximate surface area is 207 Å². The second-order valence-corrected chi connectivity index (χ2v) is 8.24. The minimum Gasteiger partial charge on any atom is -0.494 e. The molecule has 35 heavy (non-hydrogen) atoms. The van der Waals surface area contributed by atoms with Crippen LogP contribution in [0.5, 0.6) is 11.5 Å². The van der Waals surface area contributed by atoms with Gasteiger partial charge in [-0.1, -0.05) is 68.1 Å². The fourth-order valence-corrected chi connectivity index (χ4v) is 3.53. The number of benzene rings is 3. The van der Waals surface area contributed by atoms with Crippen molar-refractivity contribution in [2.24, 2.45) is 0 Å². The first-order valence-corrected chi connectivity index (χ1v) is 12.1. The van der Waals surface area contributed by atoms with Crippen LogP contribution in [0.2, 0.25) is 0 Å². The molecule has 182 valence electrons. The number of aliphatic hydroxyl groups is 1. The summed E-state index contributed by atoms with van der Waals surface area (Å²) >= 11 is 0. The van der Waals surface area contributed by atoms with Gasteiger partial charge >= 0.3 is 5.97 Å². The van der Waals surface area contributed by atoms with Gasteiger partial charge in [-0.15, -0.1) is 0 Å². The van der Waals surface area contributed by atoms with Crippen molar-refractivity contribution in [2.45, 2.75) is 38.5 Å². The van der Waals surface area contributed by atoms with Crippen LogP contribution in [0, 0.1) is 0 Å². The molecule has 5 nitrogen and oxygen atoms in total. The minimum atomic E-state index is -0.461. The van der Waals surface area contributed by atoms with Crippen LogP contribution in [-0.4, -0.2) is 30.1 Å². The van der Waals surface area contributed by atoms with Crippen molar-refractivity contribution in [1.82, 2.24) is 0 Å². The van der Waals surface area contributed by atoms with E-state index in [0.717, 1.165) is 49.8 Å². The smallest absolute Gasteiger partial charge is 0.336 e. The van der Waals surface area contributed by atoms with Crippen LogP contribution in [-0.2, 0) is 4.79 Å². The molecule has 0 aliphatic carbocycles. The van der Waals surface area contributed by atoms with Crippen molar-refractivity contribution in [2.75, 3.05) is 13.2 Å². The third-order valence-electron chi connectivity index (χ3n) is 5.48. The van der Waals surface area contributed by atoms with E-state index in [1.165, 1.54) is 6.08 Å². The standard InChI is InChI=1S/C30H32O5/c31-22-8-3-1-2-4-9-23-34-27-19-17-26(18-20-27)30(33)25-15-12-24(13-16-25)14-21-29(32)35-28-10-6-5-7-11-28/h5-7,10-21,31H,1-4,8-9,22-23H2. The first-order chi connectivity index (χ1) is 17.2. The third-order valence-corrected chi connectivity index (χ3v) is 5.48. The number of hydrogen-bond donors (Lipinski definition) is 1. The summed E-state index contributed by atoms with van der Waals surface area (Å²) in [6, 6.07) is 23.2. The van der Waals surface area contributed by atoms with E-state index in [4.69, 9.17) is 14.6 Å². The van der Waals surface area contributed by atoms with Crippen LogP contribution < -0.4 is 9.47 Å². The van der Waals surface area contributed by atoms with Gasteiger partial charge in [0, 0.05) is 23.8 Å². The van der Waals surface area contributed by atoms with E-state index in [1.54, 1.807) is 66.7 Å². The number of unbranched alkanes of at least 4 members (excludes halogenated alkanes) is 5. The zero-order chi connectivity index (χ0) is 24.7. The largest absolute Gasteiger partial charge is 0.494 e. The SMILES string of the molecule is O=C(C=Cc1ccc(C(=O)c2ccc(OCCCCCCCCO)cc2)cc1)Oc1ccccc1. The zero-order valence-corrected chi connectivity index (χ0v) is 19.9. The highest BCUT2D eigenvalue weighted by Gasteiger charge is 2.09. The van der Waals surface area contributed by atoms with Crippen molar-refractivity contribution < 1.29 is 24.2 Å². The Morgan fingerprint density at radius 1 is 0.686 bits per heavy atom. The van der Waals surface area contributed by atoms with E-state index in [-0.39, 0.29) is 12.4 Å². The van der Waals surface area contributed by atoms with Gasteiger partial charge in [-0.25, -0.2) is 4.79 Å². The van der Waals surface area contributed by atoms with Crippen molar-refractivity contribution >= 4 is 17.8 Å². The lowest BCUT2D eigenvalue weighted by molar-refractivity contribution is -0.128. The van der Waals surface area contributed by atoms with Crippen LogP contribution in [0.15, 0.2) is 84.9 Å². The molecule has 3 rings (SSSR count). The maximum Gasteiger partial charge on any atom is 0.336 e. The van der Waals surface area contributed by atoms with Crippen LogP contribution in [0.3, 0.4) is 0 Å². The molecule has 0 spiro atoms. The highest BCUT2D eigenvalue weighted by Crippen LogP contribution is 2.17. The lowest BCUT2D eigenvalue weighted by atomic mass is 10.0. The maximum absolute atomic E-state index is 12.8. The van der Waals surface area contributed by atoms with E-state index in [0.29, 0.717) is 23.5 Å². The van der Waals surface area contributed by atoms with Gasteiger partial charge in [-0.2, -0.15) is 0 Å². The number of para-hydroxylation sites is 1. The summed E-state index contributed by atoms with van der Waals surface area (Å²) in [5.41, 5.74) is 1.96. The Morgan fingerprint density at radius 2 is 1.29 bits per heavy atom. The molecule has 0 unspecified atom stereocenters. The van der Waals surface area contributed by atoms with Gasteiger partial charge in [0.05, 0.1) is 6.61 Å². The molecule has 0 heterocycles. The van der Waals surface area contributed by atoms with Crippen molar-refractivity contribution in [3.63, 3.8) is 0 Å². The van der Waals surface area contributed by atoms with Gasteiger partial charge in [-0.3, -0.25) is 4.79 Å². The number of ether oxygens (including phenoxy) is 2. The van der Waals surface area contributed by atoms with Crippen molar-refractivity contribution in [3.8, 4) is 11.5 Å².